The minimum absolute atomic E-state index is 0.0768. The number of rotatable bonds is 9. The van der Waals surface area contributed by atoms with E-state index in [2.05, 4.69) is 35.4 Å². The van der Waals surface area contributed by atoms with Gasteiger partial charge in [-0.2, -0.15) is 0 Å². The molecule has 0 aromatic heterocycles. The normalized spacial score (nSPS) is 23.0. The third kappa shape index (κ3) is 6.01. The molecule has 3 rings (SSSR count). The maximum Gasteiger partial charge on any atom is 0.191 e. The first-order chi connectivity index (χ1) is 14.6. The molecule has 30 heavy (non-hydrogen) atoms. The van der Waals surface area contributed by atoms with Crippen LogP contribution in [-0.2, 0) is 4.74 Å². The minimum atomic E-state index is 0.0768. The van der Waals surface area contributed by atoms with Crippen molar-refractivity contribution in [3.05, 3.63) is 23.8 Å². The van der Waals surface area contributed by atoms with Gasteiger partial charge in [0.05, 0.1) is 38.5 Å². The molecule has 2 saturated heterocycles. The summed E-state index contributed by atoms with van der Waals surface area (Å²) in [5.41, 5.74) is 1.13. The summed E-state index contributed by atoms with van der Waals surface area (Å²) in [6, 6.07) is 6.80. The maximum absolute atomic E-state index is 6.05. The van der Waals surface area contributed by atoms with Crippen LogP contribution in [0.3, 0.4) is 0 Å². The summed E-state index contributed by atoms with van der Waals surface area (Å²) >= 11 is 0. The molecule has 0 radical (unpaired) electrons. The van der Waals surface area contributed by atoms with Gasteiger partial charge in [0.25, 0.3) is 0 Å². The molecule has 168 valence electrons. The first-order valence-electron chi connectivity index (χ1n) is 11.4. The summed E-state index contributed by atoms with van der Waals surface area (Å²) in [6.45, 7) is 13.9. The smallest absolute Gasteiger partial charge is 0.191 e. The van der Waals surface area contributed by atoms with Crippen LogP contribution < -0.4 is 20.1 Å². The average molecular weight is 419 g/mol. The first kappa shape index (κ1) is 22.7. The Morgan fingerprint density at radius 1 is 1.23 bits per heavy atom. The van der Waals surface area contributed by atoms with Crippen LogP contribution in [0.4, 0.5) is 0 Å². The molecular weight excluding hydrogens is 380 g/mol. The average Bonchev–Trinajstić information content (AvgIpc) is 3.21. The highest BCUT2D eigenvalue weighted by molar-refractivity contribution is 5.80. The van der Waals surface area contributed by atoms with Gasteiger partial charge in [0.1, 0.15) is 0 Å². The number of benzene rings is 1. The molecule has 2 fully saturated rings. The lowest BCUT2D eigenvalue weighted by Gasteiger charge is -2.34. The molecule has 7 nitrogen and oxygen atoms in total. The van der Waals surface area contributed by atoms with Crippen molar-refractivity contribution < 1.29 is 14.2 Å². The highest BCUT2D eigenvalue weighted by atomic mass is 16.5. The number of ether oxygens (including phenoxy) is 3. The molecule has 2 heterocycles. The lowest BCUT2D eigenvalue weighted by atomic mass is 10.1. The third-order valence-electron chi connectivity index (χ3n) is 5.68. The van der Waals surface area contributed by atoms with E-state index in [0.717, 1.165) is 42.7 Å². The topological polar surface area (TPSA) is 67.4 Å². The number of hydrogen-bond acceptors (Lipinski definition) is 5. The van der Waals surface area contributed by atoms with Gasteiger partial charge < -0.3 is 24.8 Å². The second-order valence-corrected chi connectivity index (χ2v) is 7.90. The third-order valence-corrected chi connectivity index (χ3v) is 5.68. The number of nitrogens with one attached hydrogen (secondary N) is 2. The second-order valence-electron chi connectivity index (χ2n) is 7.90. The molecule has 1 aromatic carbocycles. The summed E-state index contributed by atoms with van der Waals surface area (Å²) in [6.07, 6.45) is 2.72. The number of aliphatic imine (C=N–C) groups is 1. The molecule has 0 bridgehead atoms. The van der Waals surface area contributed by atoms with Crippen molar-refractivity contribution >= 4 is 5.96 Å². The van der Waals surface area contributed by atoms with Crippen LogP contribution in [0, 0.1) is 0 Å². The van der Waals surface area contributed by atoms with Gasteiger partial charge in [0, 0.05) is 19.1 Å². The molecule has 2 aliphatic rings. The van der Waals surface area contributed by atoms with Crippen molar-refractivity contribution in [3.8, 4) is 11.5 Å². The van der Waals surface area contributed by atoms with Gasteiger partial charge in [-0.1, -0.05) is 6.07 Å². The molecule has 7 heteroatoms. The summed E-state index contributed by atoms with van der Waals surface area (Å²) in [7, 11) is 0. The molecule has 0 aliphatic carbocycles. The number of fused-ring (bicyclic) bond motifs is 1. The SMILES string of the molecule is CCNC(=NCC1CN2CCCC2CO1)NC(C)c1ccc(OCC)c(OCC)c1. The zero-order valence-corrected chi connectivity index (χ0v) is 18.9. The minimum Gasteiger partial charge on any atom is -0.490 e. The maximum atomic E-state index is 6.05. The van der Waals surface area contributed by atoms with Crippen molar-refractivity contribution in [2.75, 3.05) is 46.0 Å². The van der Waals surface area contributed by atoms with Crippen LogP contribution in [0.5, 0.6) is 11.5 Å². The summed E-state index contributed by atoms with van der Waals surface area (Å²) in [5, 5.41) is 6.87. The molecule has 3 atom stereocenters. The van der Waals surface area contributed by atoms with E-state index in [1.165, 1.54) is 19.4 Å². The van der Waals surface area contributed by atoms with E-state index >= 15 is 0 Å². The lowest BCUT2D eigenvalue weighted by molar-refractivity contribution is -0.0432. The quantitative estimate of drug-likeness (QED) is 0.475. The zero-order chi connectivity index (χ0) is 21.3. The summed E-state index contributed by atoms with van der Waals surface area (Å²) in [5.74, 6) is 2.37. The van der Waals surface area contributed by atoms with E-state index in [0.29, 0.717) is 25.8 Å². The van der Waals surface area contributed by atoms with Crippen LogP contribution in [0.15, 0.2) is 23.2 Å². The van der Waals surface area contributed by atoms with Gasteiger partial charge in [0.2, 0.25) is 0 Å². The standard InChI is InChI=1S/C23H38N4O3/c1-5-24-23(25-14-20-15-27-12-8-9-19(27)16-30-20)26-17(4)18-10-11-21(28-6-2)22(13-18)29-7-3/h10-11,13,17,19-20H,5-9,12,14-16H2,1-4H3,(H2,24,25,26). The van der Waals surface area contributed by atoms with Gasteiger partial charge in [-0.05, 0) is 64.8 Å². The fraction of sp³-hybridized carbons (Fsp3) is 0.696. The fourth-order valence-electron chi connectivity index (χ4n) is 4.13. The molecular formula is C23H38N4O3. The second kappa shape index (κ2) is 11.4. The number of morpholine rings is 1. The molecule has 0 spiro atoms. The Balaban J connectivity index is 1.62. The van der Waals surface area contributed by atoms with Gasteiger partial charge in [0.15, 0.2) is 17.5 Å². The van der Waals surface area contributed by atoms with Gasteiger partial charge >= 0.3 is 0 Å². The largest absolute Gasteiger partial charge is 0.490 e. The van der Waals surface area contributed by atoms with E-state index in [-0.39, 0.29) is 12.1 Å². The van der Waals surface area contributed by atoms with Crippen LogP contribution in [0.1, 0.15) is 52.1 Å². The van der Waals surface area contributed by atoms with Crippen molar-refractivity contribution in [3.63, 3.8) is 0 Å². The van der Waals surface area contributed by atoms with Crippen LogP contribution in [0.25, 0.3) is 0 Å². The van der Waals surface area contributed by atoms with Gasteiger partial charge in [-0.15, -0.1) is 0 Å². The van der Waals surface area contributed by atoms with Crippen molar-refractivity contribution in [2.24, 2.45) is 4.99 Å². The van der Waals surface area contributed by atoms with Crippen LogP contribution >= 0.6 is 0 Å². The van der Waals surface area contributed by atoms with E-state index in [1.54, 1.807) is 0 Å². The van der Waals surface area contributed by atoms with Gasteiger partial charge in [-0.3, -0.25) is 9.89 Å². The zero-order valence-electron chi connectivity index (χ0n) is 18.9. The number of guanidine groups is 1. The predicted octanol–water partition coefficient (Wildman–Crippen LogP) is 2.96. The van der Waals surface area contributed by atoms with Crippen LogP contribution in [-0.4, -0.2) is 69.0 Å². The van der Waals surface area contributed by atoms with Gasteiger partial charge in [-0.25, -0.2) is 0 Å². The van der Waals surface area contributed by atoms with E-state index < -0.39 is 0 Å². The molecule has 0 amide bonds. The highest BCUT2D eigenvalue weighted by Crippen LogP contribution is 2.30. The van der Waals surface area contributed by atoms with Crippen molar-refractivity contribution in [1.29, 1.82) is 0 Å². The first-order valence-corrected chi connectivity index (χ1v) is 11.4. The molecule has 2 N–H and O–H groups in total. The molecule has 1 aromatic rings. The summed E-state index contributed by atoms with van der Waals surface area (Å²) < 4.78 is 17.5. The Bertz CT molecular complexity index is 697. The molecule has 2 aliphatic heterocycles. The van der Waals surface area contributed by atoms with Crippen molar-refractivity contribution in [2.45, 2.75) is 58.7 Å². The Kier molecular flexibility index (Phi) is 8.63. The Hall–Kier alpha value is -1.99. The molecule has 0 saturated carbocycles. The van der Waals surface area contributed by atoms with Crippen LogP contribution in [0.2, 0.25) is 0 Å². The Morgan fingerprint density at radius 2 is 2.03 bits per heavy atom. The van der Waals surface area contributed by atoms with Crippen molar-refractivity contribution in [1.82, 2.24) is 15.5 Å². The van der Waals surface area contributed by atoms with E-state index in [1.807, 2.05) is 26.0 Å². The van der Waals surface area contributed by atoms with E-state index in [4.69, 9.17) is 19.2 Å². The Labute approximate surface area is 181 Å². The number of hydrogen-bond donors (Lipinski definition) is 2. The lowest BCUT2D eigenvalue weighted by Crippen LogP contribution is -2.47. The fourth-order valence-corrected chi connectivity index (χ4v) is 4.13. The molecule has 3 unspecified atom stereocenters. The summed E-state index contributed by atoms with van der Waals surface area (Å²) in [4.78, 5) is 7.37. The van der Waals surface area contributed by atoms with E-state index in [9.17, 15) is 0 Å². The Morgan fingerprint density at radius 3 is 2.80 bits per heavy atom. The highest BCUT2D eigenvalue weighted by Gasteiger charge is 2.32. The predicted molar refractivity (Wildman–Crippen MR) is 121 cm³/mol. The number of nitrogens with zero attached hydrogens (tertiary/aromatic N) is 2. The monoisotopic (exact) mass is 418 g/mol.